The van der Waals surface area contributed by atoms with Crippen LogP contribution in [0.5, 0.6) is 0 Å². The molecule has 0 bridgehead atoms. The van der Waals surface area contributed by atoms with Crippen molar-refractivity contribution >= 4 is 21.6 Å². The molecule has 1 unspecified atom stereocenters. The van der Waals surface area contributed by atoms with Crippen molar-refractivity contribution in [3.63, 3.8) is 0 Å². The third kappa shape index (κ3) is 4.08. The molecule has 0 saturated carbocycles. The molecule has 0 spiro atoms. The highest BCUT2D eigenvalue weighted by atomic mass is 32.2. The van der Waals surface area contributed by atoms with Gasteiger partial charge in [-0.05, 0) is 45.0 Å². The van der Waals surface area contributed by atoms with Crippen LogP contribution in [0.25, 0.3) is 0 Å². The van der Waals surface area contributed by atoms with Gasteiger partial charge in [-0.3, -0.25) is 9.10 Å². The molecule has 6 nitrogen and oxygen atoms in total. The molecule has 1 aliphatic rings. The van der Waals surface area contributed by atoms with Crippen molar-refractivity contribution in [3.8, 4) is 0 Å². The average molecular weight is 353 g/mol. The Labute approximate surface area is 145 Å². The largest absolute Gasteiger partial charge is 0.338 e. The minimum Gasteiger partial charge on any atom is -0.338 e. The van der Waals surface area contributed by atoms with Crippen LogP contribution in [0.3, 0.4) is 0 Å². The first-order chi connectivity index (χ1) is 11.1. The lowest BCUT2D eigenvalue weighted by Crippen LogP contribution is -2.54. The maximum Gasteiger partial charge on any atom is 0.246 e. The molecular formula is C17H27N3O3S. The van der Waals surface area contributed by atoms with Gasteiger partial charge >= 0.3 is 0 Å². The molecular weight excluding hydrogens is 326 g/mol. The van der Waals surface area contributed by atoms with Crippen LogP contribution in [0.2, 0.25) is 0 Å². The van der Waals surface area contributed by atoms with Gasteiger partial charge in [0.2, 0.25) is 15.9 Å². The molecule has 1 heterocycles. The van der Waals surface area contributed by atoms with Crippen molar-refractivity contribution < 1.29 is 13.2 Å². The van der Waals surface area contributed by atoms with Crippen LogP contribution < -0.4 is 4.31 Å². The Balaban J connectivity index is 2.34. The van der Waals surface area contributed by atoms with E-state index in [1.807, 2.05) is 39.1 Å². The van der Waals surface area contributed by atoms with Crippen molar-refractivity contribution in [2.45, 2.75) is 26.8 Å². The Kier molecular flexibility index (Phi) is 5.55. The van der Waals surface area contributed by atoms with Crippen LogP contribution in [-0.2, 0) is 14.8 Å². The van der Waals surface area contributed by atoms with Gasteiger partial charge in [0, 0.05) is 26.2 Å². The second-order valence-electron chi connectivity index (χ2n) is 6.65. The third-order valence-electron chi connectivity index (χ3n) is 4.48. The van der Waals surface area contributed by atoms with E-state index in [1.54, 1.807) is 11.8 Å². The summed E-state index contributed by atoms with van der Waals surface area (Å²) in [6.07, 6.45) is 1.16. The number of benzene rings is 1. The number of anilines is 1. The fraction of sp³-hybridized carbons (Fsp3) is 0.588. The molecule has 0 radical (unpaired) electrons. The summed E-state index contributed by atoms with van der Waals surface area (Å²) >= 11 is 0. The van der Waals surface area contributed by atoms with Crippen molar-refractivity contribution in [1.82, 2.24) is 9.80 Å². The fourth-order valence-electron chi connectivity index (χ4n) is 3.02. The molecule has 134 valence electrons. The van der Waals surface area contributed by atoms with E-state index in [1.165, 1.54) is 4.31 Å². The van der Waals surface area contributed by atoms with Crippen molar-refractivity contribution in [1.29, 1.82) is 0 Å². The van der Waals surface area contributed by atoms with E-state index >= 15 is 0 Å². The zero-order valence-corrected chi connectivity index (χ0v) is 15.9. The summed E-state index contributed by atoms with van der Waals surface area (Å²) in [6.45, 7) is 8.32. The van der Waals surface area contributed by atoms with E-state index in [0.717, 1.165) is 30.5 Å². The highest BCUT2D eigenvalue weighted by Crippen LogP contribution is 2.27. The number of sulfonamides is 1. The highest BCUT2D eigenvalue weighted by Gasteiger charge is 2.33. The van der Waals surface area contributed by atoms with E-state index in [4.69, 9.17) is 0 Å². The Bertz CT molecular complexity index is 710. The molecule has 1 aliphatic heterocycles. The molecule has 1 amide bonds. The number of aryl methyl sites for hydroxylation is 2. The van der Waals surface area contributed by atoms with E-state index in [9.17, 15) is 13.2 Å². The lowest BCUT2D eigenvalue weighted by molar-refractivity contribution is -0.133. The van der Waals surface area contributed by atoms with E-state index < -0.39 is 16.1 Å². The van der Waals surface area contributed by atoms with Crippen LogP contribution in [0, 0.1) is 13.8 Å². The molecule has 0 N–H and O–H groups in total. The number of piperazine rings is 1. The molecule has 24 heavy (non-hydrogen) atoms. The number of rotatable bonds is 4. The molecule has 2 rings (SSSR count). The predicted molar refractivity (Wildman–Crippen MR) is 96.8 cm³/mol. The van der Waals surface area contributed by atoms with Crippen LogP contribution in [0.15, 0.2) is 18.2 Å². The zero-order valence-electron chi connectivity index (χ0n) is 15.1. The molecule has 7 heteroatoms. The summed E-state index contributed by atoms with van der Waals surface area (Å²) < 4.78 is 26.1. The first-order valence-electron chi connectivity index (χ1n) is 8.15. The first kappa shape index (κ1) is 18.7. The molecule has 1 aromatic carbocycles. The SMILES string of the molecule is Cc1ccc(C)c(N(C(C)C(=O)N2CCN(C)CC2)S(C)(=O)=O)c1. The first-order valence-corrected chi connectivity index (χ1v) is 10.00. The monoisotopic (exact) mass is 353 g/mol. The quantitative estimate of drug-likeness (QED) is 0.817. The number of likely N-dealkylation sites (N-methyl/N-ethyl adjacent to an activating group) is 1. The van der Waals surface area contributed by atoms with Gasteiger partial charge in [0.1, 0.15) is 6.04 Å². The van der Waals surface area contributed by atoms with Crippen LogP contribution in [0.1, 0.15) is 18.1 Å². The standard InChI is InChI=1S/C17H27N3O3S/c1-13-6-7-14(2)16(12-13)20(24(5,22)23)15(3)17(21)19-10-8-18(4)9-11-19/h6-7,12,15H,8-11H2,1-5H3. The lowest BCUT2D eigenvalue weighted by Gasteiger charge is -2.37. The van der Waals surface area contributed by atoms with Crippen molar-refractivity contribution in [3.05, 3.63) is 29.3 Å². The Hall–Kier alpha value is -1.60. The smallest absolute Gasteiger partial charge is 0.246 e. The van der Waals surface area contributed by atoms with Gasteiger partial charge in [-0.1, -0.05) is 12.1 Å². The van der Waals surface area contributed by atoms with Crippen LogP contribution >= 0.6 is 0 Å². The van der Waals surface area contributed by atoms with E-state index in [0.29, 0.717) is 18.8 Å². The normalized spacial score (nSPS) is 17.6. The predicted octanol–water partition coefficient (Wildman–Crippen LogP) is 1.23. The molecule has 0 aliphatic carbocycles. The minimum atomic E-state index is -3.58. The Morgan fingerprint density at radius 3 is 2.29 bits per heavy atom. The molecule has 1 aromatic rings. The maximum atomic E-state index is 12.9. The van der Waals surface area contributed by atoms with Gasteiger partial charge in [-0.15, -0.1) is 0 Å². The summed E-state index contributed by atoms with van der Waals surface area (Å²) in [5.74, 6) is -0.144. The number of hydrogen-bond acceptors (Lipinski definition) is 4. The number of hydrogen-bond donors (Lipinski definition) is 0. The zero-order chi connectivity index (χ0) is 18.1. The van der Waals surface area contributed by atoms with E-state index in [2.05, 4.69) is 4.90 Å². The lowest BCUT2D eigenvalue weighted by atomic mass is 10.1. The van der Waals surface area contributed by atoms with Gasteiger partial charge in [-0.2, -0.15) is 0 Å². The summed E-state index contributed by atoms with van der Waals surface area (Å²) in [4.78, 5) is 16.8. The topological polar surface area (TPSA) is 60.9 Å². The number of carbonyl (C=O) groups excluding carboxylic acids is 1. The second kappa shape index (κ2) is 7.11. The minimum absolute atomic E-state index is 0.144. The van der Waals surface area contributed by atoms with Crippen molar-refractivity contribution in [2.75, 3.05) is 43.8 Å². The van der Waals surface area contributed by atoms with Gasteiger partial charge in [0.15, 0.2) is 0 Å². The van der Waals surface area contributed by atoms with Crippen molar-refractivity contribution in [2.24, 2.45) is 0 Å². The average Bonchev–Trinajstić information content (AvgIpc) is 2.49. The van der Waals surface area contributed by atoms with Gasteiger partial charge < -0.3 is 9.80 Å². The third-order valence-corrected chi connectivity index (χ3v) is 5.71. The van der Waals surface area contributed by atoms with E-state index in [-0.39, 0.29) is 5.91 Å². The Morgan fingerprint density at radius 1 is 1.17 bits per heavy atom. The Morgan fingerprint density at radius 2 is 1.75 bits per heavy atom. The van der Waals surface area contributed by atoms with Crippen LogP contribution in [0.4, 0.5) is 5.69 Å². The number of nitrogens with zero attached hydrogens (tertiary/aromatic N) is 3. The molecule has 1 fully saturated rings. The van der Waals surface area contributed by atoms with Gasteiger partial charge in [-0.25, -0.2) is 8.42 Å². The molecule has 0 aromatic heterocycles. The number of carbonyl (C=O) groups is 1. The second-order valence-corrected chi connectivity index (χ2v) is 8.51. The molecule has 1 saturated heterocycles. The summed E-state index contributed by atoms with van der Waals surface area (Å²) in [7, 11) is -1.56. The van der Waals surface area contributed by atoms with Crippen LogP contribution in [-0.4, -0.2) is 69.6 Å². The maximum absolute atomic E-state index is 12.9. The number of amides is 1. The summed E-state index contributed by atoms with van der Waals surface area (Å²) in [5, 5.41) is 0. The fourth-order valence-corrected chi connectivity index (χ4v) is 4.24. The molecule has 1 atom stereocenters. The van der Waals surface area contributed by atoms with Gasteiger partial charge in [0.25, 0.3) is 0 Å². The summed E-state index contributed by atoms with van der Waals surface area (Å²) in [6, 6.07) is 4.88. The van der Waals surface area contributed by atoms with Gasteiger partial charge in [0.05, 0.1) is 11.9 Å². The highest BCUT2D eigenvalue weighted by molar-refractivity contribution is 7.92. The summed E-state index contributed by atoms with van der Waals surface area (Å²) in [5.41, 5.74) is 2.38.